The highest BCUT2D eigenvalue weighted by atomic mass is 31.3. The standard InChI is InChI=1S/C23H37N7O17P3/c1-12(31)4-6-25-14(32)5-7-26-21(35)18(34)23(2,3)9-44-50(41,42)47-49(39,40)43-8-13-17(46-48(36,37)38)16(33)22(45-13)30-11-29-15-19(24)27-10-28-20(15)30/h10-11,13,16-18,22,33-34H,1,4-9H2,2-3H3,(H,25,32)(H,26,35)(H,39,40)(H,41,42)(H2,24,27,28)(H2,36,37,38)/p-4. The van der Waals surface area contributed by atoms with E-state index in [0.717, 1.165) is 17.2 Å². The summed E-state index contributed by atoms with van der Waals surface area (Å²) in [7, 11) is -17.6. The van der Waals surface area contributed by atoms with Gasteiger partial charge in [0.2, 0.25) is 11.8 Å². The number of nitrogens with two attached hydrogens (primary N) is 1. The summed E-state index contributed by atoms with van der Waals surface area (Å²) in [5.74, 6) is -2.01. The quantitative estimate of drug-likeness (QED) is 0.0843. The summed E-state index contributed by atoms with van der Waals surface area (Å²) in [5.41, 5.74) is 4.05. The van der Waals surface area contributed by atoms with E-state index in [4.69, 9.17) is 10.5 Å². The lowest BCUT2D eigenvalue weighted by Gasteiger charge is -2.36. The second-order valence-corrected chi connectivity index (χ2v) is 15.3. The van der Waals surface area contributed by atoms with Gasteiger partial charge in [-0.2, -0.15) is 0 Å². The highest BCUT2D eigenvalue weighted by Gasteiger charge is 2.47. The van der Waals surface area contributed by atoms with E-state index in [-0.39, 0.29) is 48.7 Å². The number of nitrogens with zero attached hydrogens (tertiary/aromatic N) is 4. The van der Waals surface area contributed by atoms with Crippen LogP contribution < -0.4 is 35.9 Å². The van der Waals surface area contributed by atoms with Gasteiger partial charge in [0.15, 0.2) is 17.7 Å². The summed E-state index contributed by atoms with van der Waals surface area (Å²) in [4.78, 5) is 94.0. The fourth-order valence-corrected chi connectivity index (χ4v) is 6.99. The van der Waals surface area contributed by atoms with E-state index in [1.54, 1.807) is 0 Å². The lowest BCUT2D eigenvalue weighted by atomic mass is 9.87. The van der Waals surface area contributed by atoms with Crippen LogP contribution in [0.4, 0.5) is 5.82 Å². The predicted molar refractivity (Wildman–Crippen MR) is 156 cm³/mol. The van der Waals surface area contributed by atoms with Gasteiger partial charge < -0.3 is 69.0 Å². The summed E-state index contributed by atoms with van der Waals surface area (Å²) in [6, 6.07) is 0. The molecule has 0 aromatic carbocycles. The summed E-state index contributed by atoms with van der Waals surface area (Å²) < 4.78 is 60.1. The summed E-state index contributed by atoms with van der Waals surface area (Å²) in [6.45, 7) is 3.04. The Morgan fingerprint density at radius 1 is 1.08 bits per heavy atom. The smallest absolute Gasteiger partial charge is 0.274 e. The van der Waals surface area contributed by atoms with E-state index in [9.17, 15) is 57.9 Å². The molecule has 0 aliphatic carbocycles. The van der Waals surface area contributed by atoms with Gasteiger partial charge >= 0.3 is 0 Å². The van der Waals surface area contributed by atoms with Crippen LogP contribution in [-0.2, 0) is 50.7 Å². The van der Waals surface area contributed by atoms with Gasteiger partial charge in [0, 0.05) is 38.3 Å². The van der Waals surface area contributed by atoms with Crippen molar-refractivity contribution in [2.75, 3.05) is 32.0 Å². The molecular weight excluding hydrogens is 739 g/mol. The SMILES string of the molecule is [CH2]C(=O)CCNC(=O)CCNC(=O)C(O)C(C)(C)COP(=O)([O-])OP(=O)([O-])OCC1OC(n2cnc3c(N)ncnc32)C(O)C1OP(=O)([O-])[O-]. The Balaban J connectivity index is 1.57. The highest BCUT2D eigenvalue weighted by Crippen LogP contribution is 2.56. The zero-order valence-corrected chi connectivity index (χ0v) is 28.9. The average molecular weight is 772 g/mol. The first-order valence-corrected chi connectivity index (χ1v) is 18.6. The molecule has 1 saturated heterocycles. The molecule has 2 aromatic rings. The van der Waals surface area contributed by atoms with E-state index < -0.39 is 84.6 Å². The molecule has 6 N–H and O–H groups in total. The van der Waals surface area contributed by atoms with Gasteiger partial charge in [0.05, 0.1) is 27.4 Å². The third kappa shape index (κ3) is 11.9. The van der Waals surface area contributed by atoms with Crippen LogP contribution in [0.25, 0.3) is 11.2 Å². The number of imidazole rings is 1. The number of fused-ring (bicyclic) bond motifs is 1. The zero-order chi connectivity index (χ0) is 37.7. The number of aliphatic hydroxyl groups excluding tert-OH is 2. The maximum Gasteiger partial charge on any atom is 0.274 e. The number of ketones is 1. The lowest BCUT2D eigenvalue weighted by molar-refractivity contribution is -0.347. The Labute approximate surface area is 283 Å². The molecular formula is C23H33N7O17P3-4. The number of ether oxygens (including phenoxy) is 1. The van der Waals surface area contributed by atoms with Gasteiger partial charge in [-0.05, 0) is 0 Å². The van der Waals surface area contributed by atoms with Gasteiger partial charge in [-0.3, -0.25) is 28.1 Å². The van der Waals surface area contributed by atoms with Crippen LogP contribution in [-0.4, -0.2) is 98.0 Å². The number of phosphoric ester groups is 3. The number of Topliss-reactive ketones (excluding diaryl/α,β-unsaturated/α-hetero) is 1. The van der Waals surface area contributed by atoms with Crippen molar-refractivity contribution in [3.8, 4) is 0 Å². The molecule has 1 aliphatic heterocycles. The highest BCUT2D eigenvalue weighted by molar-refractivity contribution is 7.59. The molecule has 27 heteroatoms. The number of phosphoric acid groups is 3. The van der Waals surface area contributed by atoms with E-state index in [1.807, 2.05) is 0 Å². The van der Waals surface area contributed by atoms with E-state index in [1.165, 1.54) is 13.8 Å². The maximum absolute atomic E-state index is 12.4. The van der Waals surface area contributed by atoms with E-state index >= 15 is 0 Å². The fraction of sp³-hybridized carbons (Fsp3) is 0.609. The number of carbonyl (C=O) groups excluding carboxylic acids is 3. The van der Waals surface area contributed by atoms with Crippen LogP contribution in [0.3, 0.4) is 0 Å². The molecule has 2 aromatic heterocycles. The van der Waals surface area contributed by atoms with Crippen molar-refractivity contribution in [3.63, 3.8) is 0 Å². The molecule has 7 unspecified atom stereocenters. The number of rotatable bonds is 19. The summed E-state index contributed by atoms with van der Waals surface area (Å²) in [6.07, 6.45) is -7.61. The number of hydrogen-bond acceptors (Lipinski definition) is 21. The summed E-state index contributed by atoms with van der Waals surface area (Å²) >= 11 is 0. The first kappa shape index (κ1) is 41.6. The Bertz CT molecular complexity index is 1690. The van der Waals surface area contributed by atoms with Gasteiger partial charge in [0.1, 0.15) is 42.0 Å². The number of aliphatic hydroxyl groups is 2. The molecule has 2 amide bonds. The molecule has 1 radical (unpaired) electrons. The third-order valence-electron chi connectivity index (χ3n) is 6.78. The molecule has 281 valence electrons. The first-order valence-electron chi connectivity index (χ1n) is 14.2. The van der Waals surface area contributed by atoms with Crippen LogP contribution in [0, 0.1) is 12.3 Å². The molecule has 3 heterocycles. The zero-order valence-electron chi connectivity index (χ0n) is 26.2. The normalized spacial score (nSPS) is 22.8. The topological polar surface area (TPSA) is 375 Å². The second-order valence-electron chi connectivity index (χ2n) is 11.3. The second kappa shape index (κ2) is 16.7. The van der Waals surface area contributed by atoms with Crippen molar-refractivity contribution >= 4 is 58.0 Å². The van der Waals surface area contributed by atoms with Crippen molar-refractivity contribution in [2.24, 2.45) is 5.41 Å². The van der Waals surface area contributed by atoms with Gasteiger partial charge in [-0.1, -0.05) is 13.8 Å². The Hall–Kier alpha value is -2.79. The van der Waals surface area contributed by atoms with Gasteiger partial charge in [0.25, 0.3) is 15.6 Å². The number of nitrogen functional groups attached to an aromatic ring is 1. The van der Waals surface area contributed by atoms with Crippen LogP contribution in [0.2, 0.25) is 0 Å². The number of amides is 2. The predicted octanol–water partition coefficient (Wildman–Crippen LogP) is -4.33. The third-order valence-corrected chi connectivity index (χ3v) is 9.79. The number of nitrogens with one attached hydrogen (secondary N) is 2. The summed E-state index contributed by atoms with van der Waals surface area (Å²) in [5, 5.41) is 25.8. The number of anilines is 1. The molecule has 50 heavy (non-hydrogen) atoms. The Morgan fingerprint density at radius 3 is 2.36 bits per heavy atom. The van der Waals surface area contributed by atoms with Crippen molar-refractivity contribution in [1.82, 2.24) is 30.2 Å². The fourth-order valence-electron chi connectivity index (χ4n) is 4.26. The molecule has 3 rings (SSSR count). The van der Waals surface area contributed by atoms with Crippen molar-refractivity contribution < 1.29 is 80.5 Å². The molecule has 7 atom stereocenters. The molecule has 1 fully saturated rings. The minimum absolute atomic E-state index is 0.00810. The Morgan fingerprint density at radius 2 is 1.72 bits per heavy atom. The van der Waals surface area contributed by atoms with Crippen molar-refractivity contribution in [3.05, 3.63) is 19.6 Å². The number of carbonyl (C=O) groups is 3. The number of hydrogen-bond donors (Lipinski definition) is 5. The van der Waals surface area contributed by atoms with Gasteiger partial charge in [-0.25, -0.2) is 19.3 Å². The van der Waals surface area contributed by atoms with Crippen LogP contribution >= 0.6 is 23.5 Å². The number of aromatic nitrogens is 4. The molecule has 0 spiro atoms. The van der Waals surface area contributed by atoms with Crippen molar-refractivity contribution in [2.45, 2.75) is 57.3 Å². The van der Waals surface area contributed by atoms with Crippen LogP contribution in [0.15, 0.2) is 12.7 Å². The molecule has 0 saturated carbocycles. The van der Waals surface area contributed by atoms with E-state index in [2.05, 4.69) is 50.4 Å². The maximum atomic E-state index is 12.4. The Kier molecular flexibility index (Phi) is 13.9. The first-order chi connectivity index (χ1) is 23.0. The van der Waals surface area contributed by atoms with Crippen LogP contribution in [0.1, 0.15) is 32.9 Å². The minimum atomic E-state index is -5.90. The minimum Gasteiger partial charge on any atom is -0.790 e. The van der Waals surface area contributed by atoms with Crippen LogP contribution in [0.5, 0.6) is 0 Å². The molecule has 1 aliphatic rings. The monoisotopic (exact) mass is 772 g/mol. The van der Waals surface area contributed by atoms with E-state index in [0.29, 0.717) is 0 Å². The lowest BCUT2D eigenvalue weighted by Crippen LogP contribution is -2.46. The molecule has 24 nitrogen and oxygen atoms in total. The largest absolute Gasteiger partial charge is 0.790 e. The molecule has 0 bridgehead atoms. The van der Waals surface area contributed by atoms with Gasteiger partial charge in [-0.15, -0.1) is 0 Å². The van der Waals surface area contributed by atoms with Crippen molar-refractivity contribution in [1.29, 1.82) is 0 Å². The average Bonchev–Trinajstić information content (AvgIpc) is 3.54.